The number of nitrogen functional groups attached to an aromatic ring is 1. The van der Waals surface area contributed by atoms with Gasteiger partial charge < -0.3 is 16.4 Å². The normalized spacial score (nSPS) is 12.1. The number of carbonyl (C=O) groups is 2. The van der Waals surface area contributed by atoms with Gasteiger partial charge in [0.15, 0.2) is 0 Å². The summed E-state index contributed by atoms with van der Waals surface area (Å²) in [5.41, 5.74) is 5.47. The van der Waals surface area contributed by atoms with Crippen LogP contribution in [0, 0.1) is 11.7 Å². The molecule has 0 heterocycles. The molecule has 2 amide bonds. The van der Waals surface area contributed by atoms with Crippen molar-refractivity contribution in [1.82, 2.24) is 10.6 Å². The highest BCUT2D eigenvalue weighted by molar-refractivity contribution is 5.97. The van der Waals surface area contributed by atoms with Gasteiger partial charge in [0, 0.05) is 12.6 Å². The van der Waals surface area contributed by atoms with Crippen LogP contribution in [0.4, 0.5) is 10.1 Å². The molecule has 0 radical (unpaired) electrons. The fourth-order valence-electron chi connectivity index (χ4n) is 1.79. The second-order valence-electron chi connectivity index (χ2n) is 5.01. The predicted molar refractivity (Wildman–Crippen MR) is 75.6 cm³/mol. The average molecular weight is 281 g/mol. The number of carbonyl (C=O) groups excluding carboxylic acids is 2. The minimum atomic E-state index is -0.655. The van der Waals surface area contributed by atoms with E-state index < -0.39 is 17.8 Å². The number of amides is 2. The Morgan fingerprint density at radius 3 is 2.50 bits per heavy atom. The molecule has 0 spiro atoms. The Bertz CT molecular complexity index is 503. The van der Waals surface area contributed by atoms with E-state index in [2.05, 4.69) is 10.6 Å². The standard InChI is InChI=1S/C14H20FN3O2/c1-8(2)6-12(14(20)17-3)18-13(19)9-4-5-11(16)10(15)7-9/h4-5,7-8,12H,6,16H2,1-3H3,(H,17,20)(H,18,19). The molecule has 0 aliphatic rings. The highest BCUT2D eigenvalue weighted by Crippen LogP contribution is 2.13. The van der Waals surface area contributed by atoms with Crippen molar-refractivity contribution in [3.63, 3.8) is 0 Å². The Labute approximate surface area is 117 Å². The lowest BCUT2D eigenvalue weighted by Crippen LogP contribution is -2.46. The molecule has 0 bridgehead atoms. The molecule has 0 fully saturated rings. The molecule has 0 aromatic heterocycles. The summed E-state index contributed by atoms with van der Waals surface area (Å²) in [5, 5.41) is 5.10. The topological polar surface area (TPSA) is 84.2 Å². The van der Waals surface area contributed by atoms with Crippen LogP contribution in [0.1, 0.15) is 30.6 Å². The first-order valence-corrected chi connectivity index (χ1v) is 6.42. The number of likely N-dealkylation sites (N-methyl/N-ethyl adjacent to an activating group) is 1. The van der Waals surface area contributed by atoms with Crippen molar-refractivity contribution in [3.8, 4) is 0 Å². The molecular weight excluding hydrogens is 261 g/mol. The quantitative estimate of drug-likeness (QED) is 0.711. The van der Waals surface area contributed by atoms with E-state index in [0.717, 1.165) is 6.07 Å². The van der Waals surface area contributed by atoms with Gasteiger partial charge in [0.2, 0.25) is 5.91 Å². The maximum atomic E-state index is 13.3. The van der Waals surface area contributed by atoms with E-state index in [0.29, 0.717) is 6.42 Å². The molecule has 1 atom stereocenters. The van der Waals surface area contributed by atoms with Crippen LogP contribution < -0.4 is 16.4 Å². The zero-order valence-corrected chi connectivity index (χ0v) is 11.9. The Morgan fingerprint density at radius 2 is 2.00 bits per heavy atom. The molecule has 4 N–H and O–H groups in total. The van der Waals surface area contributed by atoms with E-state index in [4.69, 9.17) is 5.73 Å². The van der Waals surface area contributed by atoms with Crippen LogP contribution in [-0.2, 0) is 4.79 Å². The average Bonchev–Trinajstić information content (AvgIpc) is 2.39. The molecule has 0 aliphatic carbocycles. The van der Waals surface area contributed by atoms with Gasteiger partial charge in [0.05, 0.1) is 5.69 Å². The molecule has 1 rings (SSSR count). The third kappa shape index (κ3) is 4.22. The smallest absolute Gasteiger partial charge is 0.252 e. The van der Waals surface area contributed by atoms with E-state index in [1.54, 1.807) is 0 Å². The lowest BCUT2D eigenvalue weighted by molar-refractivity contribution is -0.122. The van der Waals surface area contributed by atoms with E-state index in [1.807, 2.05) is 13.8 Å². The Morgan fingerprint density at radius 1 is 1.35 bits per heavy atom. The highest BCUT2D eigenvalue weighted by atomic mass is 19.1. The Hall–Kier alpha value is -2.11. The van der Waals surface area contributed by atoms with Gasteiger partial charge in [-0.15, -0.1) is 0 Å². The van der Waals surface area contributed by atoms with Gasteiger partial charge in [-0.05, 0) is 30.5 Å². The second-order valence-corrected chi connectivity index (χ2v) is 5.01. The van der Waals surface area contributed by atoms with Gasteiger partial charge in [-0.3, -0.25) is 9.59 Å². The van der Waals surface area contributed by atoms with Crippen molar-refractivity contribution in [2.45, 2.75) is 26.3 Å². The third-order valence-electron chi connectivity index (χ3n) is 2.84. The second kappa shape index (κ2) is 6.88. The van der Waals surface area contributed by atoms with Crippen LogP contribution in [0.5, 0.6) is 0 Å². The molecule has 0 saturated heterocycles. The summed E-state index contributed by atoms with van der Waals surface area (Å²) in [6, 6.07) is 3.15. The van der Waals surface area contributed by atoms with Crippen molar-refractivity contribution in [2.75, 3.05) is 12.8 Å². The fraction of sp³-hybridized carbons (Fsp3) is 0.429. The zero-order chi connectivity index (χ0) is 15.3. The summed E-state index contributed by atoms with van der Waals surface area (Å²) in [4.78, 5) is 23.7. The number of halogens is 1. The summed E-state index contributed by atoms with van der Waals surface area (Å²) in [6.45, 7) is 3.90. The number of benzene rings is 1. The minimum absolute atomic E-state index is 0.0217. The molecular formula is C14H20FN3O2. The predicted octanol–water partition coefficient (Wildman–Crippen LogP) is 1.30. The molecule has 110 valence electrons. The number of rotatable bonds is 5. The number of anilines is 1. The van der Waals surface area contributed by atoms with Gasteiger partial charge in [-0.1, -0.05) is 13.8 Å². The first-order valence-electron chi connectivity index (χ1n) is 6.42. The summed E-state index contributed by atoms with van der Waals surface area (Å²) in [6.07, 6.45) is 0.503. The molecule has 1 aromatic carbocycles. The SMILES string of the molecule is CNC(=O)C(CC(C)C)NC(=O)c1ccc(N)c(F)c1. The fourth-order valence-corrected chi connectivity index (χ4v) is 1.79. The van der Waals surface area contributed by atoms with Crippen molar-refractivity contribution in [1.29, 1.82) is 0 Å². The first-order chi connectivity index (χ1) is 9.35. The lowest BCUT2D eigenvalue weighted by atomic mass is 10.0. The van der Waals surface area contributed by atoms with E-state index >= 15 is 0 Å². The largest absolute Gasteiger partial charge is 0.396 e. The van der Waals surface area contributed by atoms with E-state index in [-0.39, 0.29) is 23.1 Å². The molecule has 0 aliphatic heterocycles. The first kappa shape index (κ1) is 15.9. The molecule has 1 unspecified atom stereocenters. The summed E-state index contributed by atoms with van der Waals surface area (Å²) in [5.74, 6) is -1.19. The summed E-state index contributed by atoms with van der Waals surface area (Å²) < 4.78 is 13.3. The van der Waals surface area contributed by atoms with Crippen LogP contribution in [0.15, 0.2) is 18.2 Å². The molecule has 20 heavy (non-hydrogen) atoms. The van der Waals surface area contributed by atoms with Crippen molar-refractivity contribution >= 4 is 17.5 Å². The zero-order valence-electron chi connectivity index (χ0n) is 11.9. The molecule has 6 heteroatoms. The van der Waals surface area contributed by atoms with Gasteiger partial charge in [-0.2, -0.15) is 0 Å². The Balaban J connectivity index is 2.84. The van der Waals surface area contributed by atoms with E-state index in [1.165, 1.54) is 19.2 Å². The summed E-state index contributed by atoms with van der Waals surface area (Å²) in [7, 11) is 1.50. The van der Waals surface area contributed by atoms with Gasteiger partial charge in [0.1, 0.15) is 11.9 Å². The van der Waals surface area contributed by atoms with E-state index in [9.17, 15) is 14.0 Å². The highest BCUT2D eigenvalue weighted by Gasteiger charge is 2.21. The maximum absolute atomic E-state index is 13.3. The van der Waals surface area contributed by atoms with Gasteiger partial charge >= 0.3 is 0 Å². The number of hydrogen-bond acceptors (Lipinski definition) is 3. The minimum Gasteiger partial charge on any atom is -0.396 e. The van der Waals surface area contributed by atoms with Crippen molar-refractivity contribution < 1.29 is 14.0 Å². The molecule has 0 saturated carbocycles. The lowest BCUT2D eigenvalue weighted by Gasteiger charge is -2.19. The van der Waals surface area contributed by atoms with Crippen LogP contribution in [0.25, 0.3) is 0 Å². The molecule has 5 nitrogen and oxygen atoms in total. The van der Waals surface area contributed by atoms with Crippen LogP contribution in [0.2, 0.25) is 0 Å². The monoisotopic (exact) mass is 281 g/mol. The number of nitrogens with two attached hydrogens (primary N) is 1. The maximum Gasteiger partial charge on any atom is 0.252 e. The third-order valence-corrected chi connectivity index (χ3v) is 2.84. The van der Waals surface area contributed by atoms with Gasteiger partial charge in [-0.25, -0.2) is 4.39 Å². The van der Waals surface area contributed by atoms with Gasteiger partial charge in [0.25, 0.3) is 5.91 Å². The number of hydrogen-bond donors (Lipinski definition) is 3. The van der Waals surface area contributed by atoms with Crippen molar-refractivity contribution in [2.24, 2.45) is 5.92 Å². The Kier molecular flexibility index (Phi) is 5.49. The van der Waals surface area contributed by atoms with Crippen molar-refractivity contribution in [3.05, 3.63) is 29.6 Å². The molecule has 1 aromatic rings. The van der Waals surface area contributed by atoms with Crippen LogP contribution >= 0.6 is 0 Å². The van der Waals surface area contributed by atoms with Crippen LogP contribution in [-0.4, -0.2) is 24.9 Å². The number of nitrogens with one attached hydrogen (secondary N) is 2. The summed E-state index contributed by atoms with van der Waals surface area (Å²) >= 11 is 0. The van der Waals surface area contributed by atoms with Crippen LogP contribution in [0.3, 0.4) is 0 Å².